The van der Waals surface area contributed by atoms with Gasteiger partial charge in [-0.2, -0.15) is 0 Å². The van der Waals surface area contributed by atoms with Gasteiger partial charge >= 0.3 is 0 Å². The number of benzene rings is 2. The van der Waals surface area contributed by atoms with Gasteiger partial charge in [0.25, 0.3) is 15.9 Å². The molecule has 0 atom stereocenters. The second-order valence-corrected chi connectivity index (χ2v) is 8.36. The van der Waals surface area contributed by atoms with Crippen molar-refractivity contribution in [2.24, 2.45) is 0 Å². The zero-order valence-electron chi connectivity index (χ0n) is 14.4. The van der Waals surface area contributed by atoms with Crippen LogP contribution in [-0.2, 0) is 16.6 Å². The highest BCUT2D eigenvalue weighted by Crippen LogP contribution is 2.24. The number of anilines is 1. The molecule has 0 radical (unpaired) electrons. The standard InChI is InChI=1S/C19H17BrN2O4S/c1-13-11-15(8-9-17(13)20)27(24,25)22-18-7-3-2-6-16(18)19(23)21-12-14-5-4-10-26-14/h2-11,22H,12H2,1H3,(H,21,23). The number of carbonyl (C=O) groups excluding carboxylic acids is 1. The molecule has 0 fully saturated rings. The van der Waals surface area contributed by atoms with E-state index in [1.165, 1.54) is 12.3 Å². The van der Waals surface area contributed by atoms with Gasteiger partial charge in [0.1, 0.15) is 5.76 Å². The maximum atomic E-state index is 12.7. The highest BCUT2D eigenvalue weighted by atomic mass is 79.9. The fourth-order valence-electron chi connectivity index (χ4n) is 2.43. The summed E-state index contributed by atoms with van der Waals surface area (Å²) in [5, 5.41) is 2.71. The van der Waals surface area contributed by atoms with E-state index in [0.717, 1.165) is 10.0 Å². The van der Waals surface area contributed by atoms with Crippen LogP contribution in [0.25, 0.3) is 0 Å². The minimum absolute atomic E-state index is 0.119. The van der Waals surface area contributed by atoms with Gasteiger partial charge in [0.15, 0.2) is 0 Å². The lowest BCUT2D eigenvalue weighted by molar-refractivity contribution is 0.0949. The Morgan fingerprint density at radius 3 is 2.59 bits per heavy atom. The molecule has 0 saturated carbocycles. The minimum atomic E-state index is -3.84. The summed E-state index contributed by atoms with van der Waals surface area (Å²) in [6.45, 7) is 2.01. The third kappa shape index (κ3) is 4.58. The Bertz CT molecular complexity index is 1060. The Hall–Kier alpha value is -2.58. The molecule has 0 unspecified atom stereocenters. The highest BCUT2D eigenvalue weighted by molar-refractivity contribution is 9.10. The van der Waals surface area contributed by atoms with E-state index in [0.29, 0.717) is 5.76 Å². The average molecular weight is 449 g/mol. The summed E-state index contributed by atoms with van der Waals surface area (Å²) in [6, 6.07) is 14.6. The van der Waals surface area contributed by atoms with Crippen LogP contribution in [0.4, 0.5) is 5.69 Å². The van der Waals surface area contributed by atoms with Crippen LogP contribution >= 0.6 is 15.9 Å². The van der Waals surface area contributed by atoms with Crippen LogP contribution in [-0.4, -0.2) is 14.3 Å². The smallest absolute Gasteiger partial charge is 0.261 e. The number of rotatable bonds is 6. The van der Waals surface area contributed by atoms with E-state index >= 15 is 0 Å². The molecular weight excluding hydrogens is 432 g/mol. The number of aryl methyl sites for hydroxylation is 1. The number of carbonyl (C=O) groups is 1. The van der Waals surface area contributed by atoms with Crippen LogP contribution in [0.5, 0.6) is 0 Å². The molecule has 1 aromatic heterocycles. The first-order valence-electron chi connectivity index (χ1n) is 8.05. The van der Waals surface area contributed by atoms with Gasteiger partial charge in [-0.1, -0.05) is 28.1 Å². The largest absolute Gasteiger partial charge is 0.467 e. The molecule has 3 rings (SSSR count). The number of sulfonamides is 1. The third-order valence-electron chi connectivity index (χ3n) is 3.86. The SMILES string of the molecule is Cc1cc(S(=O)(=O)Nc2ccccc2C(=O)NCc2ccco2)ccc1Br. The van der Waals surface area contributed by atoms with Crippen molar-refractivity contribution in [3.05, 3.63) is 82.2 Å². The minimum Gasteiger partial charge on any atom is -0.467 e. The van der Waals surface area contributed by atoms with Crippen molar-refractivity contribution in [3.63, 3.8) is 0 Å². The van der Waals surface area contributed by atoms with Crippen LogP contribution < -0.4 is 10.0 Å². The topological polar surface area (TPSA) is 88.4 Å². The summed E-state index contributed by atoms with van der Waals surface area (Å²) in [5.74, 6) is 0.198. The Kier molecular flexibility index (Phi) is 5.67. The van der Waals surface area contributed by atoms with Crippen LogP contribution in [0.3, 0.4) is 0 Å². The Balaban J connectivity index is 1.82. The zero-order valence-corrected chi connectivity index (χ0v) is 16.8. The van der Waals surface area contributed by atoms with Gasteiger partial charge in [0, 0.05) is 4.47 Å². The van der Waals surface area contributed by atoms with Crippen molar-refractivity contribution >= 4 is 37.5 Å². The molecule has 140 valence electrons. The van der Waals surface area contributed by atoms with E-state index in [4.69, 9.17) is 4.42 Å². The highest BCUT2D eigenvalue weighted by Gasteiger charge is 2.19. The summed E-state index contributed by atoms with van der Waals surface area (Å²) in [5.41, 5.74) is 1.22. The van der Waals surface area contributed by atoms with Crippen LogP contribution in [0, 0.1) is 6.92 Å². The molecular formula is C19H17BrN2O4S. The van der Waals surface area contributed by atoms with E-state index in [2.05, 4.69) is 26.0 Å². The third-order valence-corrected chi connectivity index (χ3v) is 6.11. The summed E-state index contributed by atoms with van der Waals surface area (Å²) >= 11 is 3.35. The number of hydrogen-bond donors (Lipinski definition) is 2. The number of nitrogens with one attached hydrogen (secondary N) is 2. The molecule has 0 saturated heterocycles. The predicted octanol–water partition coefficient (Wildman–Crippen LogP) is 4.08. The fourth-order valence-corrected chi connectivity index (χ4v) is 3.85. The van der Waals surface area contributed by atoms with Crippen LogP contribution in [0.1, 0.15) is 21.7 Å². The van der Waals surface area contributed by atoms with Crippen molar-refractivity contribution in [1.82, 2.24) is 5.32 Å². The lowest BCUT2D eigenvalue weighted by atomic mass is 10.1. The molecule has 0 aliphatic heterocycles. The number of halogens is 1. The summed E-state index contributed by atoms with van der Waals surface area (Å²) in [4.78, 5) is 12.6. The first-order chi connectivity index (χ1) is 12.9. The van der Waals surface area contributed by atoms with Gasteiger partial charge in [0.2, 0.25) is 0 Å². The van der Waals surface area contributed by atoms with E-state index in [1.54, 1.807) is 55.5 Å². The van der Waals surface area contributed by atoms with Gasteiger partial charge in [0.05, 0.1) is 29.0 Å². The molecule has 6 nitrogen and oxygen atoms in total. The molecule has 0 aliphatic carbocycles. The number of amides is 1. The maximum absolute atomic E-state index is 12.7. The van der Waals surface area contributed by atoms with Gasteiger partial charge in [-0.15, -0.1) is 0 Å². The lowest BCUT2D eigenvalue weighted by Crippen LogP contribution is -2.24. The second kappa shape index (κ2) is 7.98. The monoisotopic (exact) mass is 448 g/mol. The molecule has 2 aromatic carbocycles. The van der Waals surface area contributed by atoms with Crippen LogP contribution in [0.2, 0.25) is 0 Å². The van der Waals surface area contributed by atoms with E-state index in [9.17, 15) is 13.2 Å². The first kappa shape index (κ1) is 19.2. The number of hydrogen-bond acceptors (Lipinski definition) is 4. The van der Waals surface area contributed by atoms with Crippen LogP contribution in [0.15, 0.2) is 74.6 Å². The molecule has 3 aromatic rings. The first-order valence-corrected chi connectivity index (χ1v) is 10.3. The molecule has 2 N–H and O–H groups in total. The van der Waals surface area contributed by atoms with Crippen molar-refractivity contribution < 1.29 is 17.6 Å². The number of furan rings is 1. The molecule has 0 spiro atoms. The maximum Gasteiger partial charge on any atom is 0.261 e. The second-order valence-electron chi connectivity index (χ2n) is 5.82. The Morgan fingerprint density at radius 1 is 1.11 bits per heavy atom. The summed E-state index contributed by atoms with van der Waals surface area (Å²) < 4.78 is 33.9. The van der Waals surface area contributed by atoms with Gasteiger partial charge in [-0.25, -0.2) is 8.42 Å². The summed E-state index contributed by atoms with van der Waals surface area (Å²) in [7, 11) is -3.84. The summed E-state index contributed by atoms with van der Waals surface area (Å²) in [6.07, 6.45) is 1.52. The van der Waals surface area contributed by atoms with E-state index in [1.807, 2.05) is 0 Å². The quantitative estimate of drug-likeness (QED) is 0.594. The molecule has 1 amide bonds. The van der Waals surface area contributed by atoms with Gasteiger partial charge in [-0.3, -0.25) is 9.52 Å². The average Bonchev–Trinajstić information content (AvgIpc) is 3.15. The van der Waals surface area contributed by atoms with Crippen molar-refractivity contribution in [3.8, 4) is 0 Å². The molecule has 1 heterocycles. The van der Waals surface area contributed by atoms with E-state index < -0.39 is 15.9 Å². The van der Waals surface area contributed by atoms with Crippen molar-refractivity contribution in [2.75, 3.05) is 4.72 Å². The Labute approximate surface area is 165 Å². The molecule has 0 bridgehead atoms. The normalized spacial score (nSPS) is 11.2. The number of para-hydroxylation sites is 1. The fraction of sp³-hybridized carbons (Fsp3) is 0.105. The zero-order chi connectivity index (χ0) is 19.4. The lowest BCUT2D eigenvalue weighted by Gasteiger charge is -2.13. The molecule has 27 heavy (non-hydrogen) atoms. The Morgan fingerprint density at radius 2 is 1.89 bits per heavy atom. The van der Waals surface area contributed by atoms with Gasteiger partial charge in [-0.05, 0) is 55.0 Å². The molecule has 0 aliphatic rings. The molecule has 8 heteroatoms. The predicted molar refractivity (Wildman–Crippen MR) is 106 cm³/mol. The van der Waals surface area contributed by atoms with Crippen molar-refractivity contribution in [2.45, 2.75) is 18.4 Å². The van der Waals surface area contributed by atoms with E-state index in [-0.39, 0.29) is 22.7 Å². The van der Waals surface area contributed by atoms with Gasteiger partial charge < -0.3 is 9.73 Å². The van der Waals surface area contributed by atoms with Crippen molar-refractivity contribution in [1.29, 1.82) is 0 Å².